The molecule has 0 atom stereocenters. The lowest BCUT2D eigenvalue weighted by atomic mass is 10.0. The molecular weight excluding hydrogens is 256 g/mol. The van der Waals surface area contributed by atoms with E-state index in [4.69, 9.17) is 0 Å². The second kappa shape index (κ2) is 6.33. The largest absolute Gasteiger partial charge is 0.389 e. The van der Waals surface area contributed by atoms with Gasteiger partial charge < -0.3 is 5.11 Å². The highest BCUT2D eigenvalue weighted by atomic mass is 32.1. The minimum atomic E-state index is -0.444. The van der Waals surface area contributed by atoms with E-state index in [1.165, 1.54) is 22.7 Å². The summed E-state index contributed by atoms with van der Waals surface area (Å²) in [5.41, 5.74) is -0.444. The molecule has 1 aromatic heterocycles. The maximum absolute atomic E-state index is 10.4. The van der Waals surface area contributed by atoms with Gasteiger partial charge in [0.05, 0.1) is 10.6 Å². The van der Waals surface area contributed by atoms with Gasteiger partial charge in [0.25, 0.3) is 0 Å². The van der Waals surface area contributed by atoms with Crippen molar-refractivity contribution in [2.45, 2.75) is 58.1 Å². The molecule has 1 aliphatic rings. The minimum Gasteiger partial charge on any atom is -0.389 e. The summed E-state index contributed by atoms with van der Waals surface area (Å²) >= 11 is 1.81. The Balaban J connectivity index is 1.84. The normalized spacial score (nSPS) is 18.6. The van der Waals surface area contributed by atoms with Crippen LogP contribution in [0.15, 0.2) is 6.20 Å². The third-order valence-corrected chi connectivity index (χ3v) is 4.71. The number of likely N-dealkylation sites (N-methyl/N-ethyl adjacent to an activating group) is 1. The summed E-state index contributed by atoms with van der Waals surface area (Å²) in [6.45, 7) is 6.13. The molecule has 1 N–H and O–H groups in total. The van der Waals surface area contributed by atoms with Gasteiger partial charge in [-0.2, -0.15) is 0 Å². The van der Waals surface area contributed by atoms with Crippen LogP contribution in [0, 0.1) is 5.92 Å². The molecular formula is C15H26N2OS. The molecule has 1 saturated carbocycles. The maximum atomic E-state index is 10.4. The second-order valence-corrected chi connectivity index (χ2v) is 7.62. The highest BCUT2D eigenvalue weighted by molar-refractivity contribution is 7.11. The van der Waals surface area contributed by atoms with Crippen molar-refractivity contribution in [3.8, 4) is 0 Å². The SMILES string of the molecule is CC(C)Cc1ncc(CN(C)CC2(O)CCCC2)s1. The molecule has 0 radical (unpaired) electrons. The van der Waals surface area contributed by atoms with Gasteiger partial charge in [-0.15, -0.1) is 11.3 Å². The number of nitrogens with zero attached hydrogens (tertiary/aromatic N) is 2. The van der Waals surface area contributed by atoms with Crippen LogP contribution in [0.5, 0.6) is 0 Å². The number of hydrogen-bond donors (Lipinski definition) is 1. The molecule has 1 heterocycles. The highest BCUT2D eigenvalue weighted by Gasteiger charge is 2.32. The summed E-state index contributed by atoms with van der Waals surface area (Å²) in [5.74, 6) is 0.663. The van der Waals surface area contributed by atoms with Crippen LogP contribution in [0.1, 0.15) is 49.4 Å². The Kier molecular flexibility index (Phi) is 4.98. The molecule has 19 heavy (non-hydrogen) atoms. The first-order chi connectivity index (χ1) is 8.97. The highest BCUT2D eigenvalue weighted by Crippen LogP contribution is 2.30. The lowest BCUT2D eigenvalue weighted by Gasteiger charge is -2.28. The van der Waals surface area contributed by atoms with Crippen LogP contribution < -0.4 is 0 Å². The van der Waals surface area contributed by atoms with Crippen molar-refractivity contribution in [1.29, 1.82) is 0 Å². The summed E-state index contributed by atoms with van der Waals surface area (Å²) in [6.07, 6.45) is 7.32. The first-order valence-corrected chi connectivity index (χ1v) is 8.13. The van der Waals surface area contributed by atoms with E-state index in [0.29, 0.717) is 5.92 Å². The zero-order chi connectivity index (χ0) is 13.9. The van der Waals surface area contributed by atoms with Crippen molar-refractivity contribution in [3.63, 3.8) is 0 Å². The van der Waals surface area contributed by atoms with Gasteiger partial charge in [-0.05, 0) is 25.8 Å². The van der Waals surface area contributed by atoms with Gasteiger partial charge in [-0.1, -0.05) is 26.7 Å². The smallest absolute Gasteiger partial charge is 0.0930 e. The van der Waals surface area contributed by atoms with Gasteiger partial charge in [-0.3, -0.25) is 4.90 Å². The van der Waals surface area contributed by atoms with Crippen LogP contribution in [0.25, 0.3) is 0 Å². The second-order valence-electron chi connectivity index (χ2n) is 6.42. The lowest BCUT2D eigenvalue weighted by Crippen LogP contribution is -2.38. The molecule has 0 unspecified atom stereocenters. The summed E-state index contributed by atoms with van der Waals surface area (Å²) in [7, 11) is 2.10. The Labute approximate surface area is 120 Å². The molecule has 1 aromatic rings. The molecule has 3 nitrogen and oxygen atoms in total. The quantitative estimate of drug-likeness (QED) is 0.871. The van der Waals surface area contributed by atoms with Crippen LogP contribution in [0.2, 0.25) is 0 Å². The van der Waals surface area contributed by atoms with Crippen molar-refractivity contribution in [1.82, 2.24) is 9.88 Å². The van der Waals surface area contributed by atoms with E-state index in [9.17, 15) is 5.11 Å². The fraction of sp³-hybridized carbons (Fsp3) is 0.800. The number of hydrogen-bond acceptors (Lipinski definition) is 4. The van der Waals surface area contributed by atoms with Gasteiger partial charge in [0.15, 0.2) is 0 Å². The standard InChI is InChI=1S/C15H26N2OS/c1-12(2)8-14-16-9-13(19-14)10-17(3)11-15(18)6-4-5-7-15/h9,12,18H,4-8,10-11H2,1-3H3. The summed E-state index contributed by atoms with van der Waals surface area (Å²) < 4.78 is 0. The minimum absolute atomic E-state index is 0.444. The average molecular weight is 282 g/mol. The number of rotatable bonds is 6. The molecule has 0 bridgehead atoms. The molecule has 108 valence electrons. The van der Waals surface area contributed by atoms with Gasteiger partial charge in [0.2, 0.25) is 0 Å². The Morgan fingerprint density at radius 1 is 1.42 bits per heavy atom. The molecule has 0 saturated heterocycles. The summed E-state index contributed by atoms with van der Waals surface area (Å²) in [5, 5.41) is 11.6. The van der Waals surface area contributed by atoms with E-state index in [0.717, 1.165) is 32.4 Å². The first kappa shape index (κ1) is 14.9. The van der Waals surface area contributed by atoms with Crippen molar-refractivity contribution in [3.05, 3.63) is 16.1 Å². The fourth-order valence-corrected chi connectivity index (χ4v) is 4.10. The molecule has 1 fully saturated rings. The Morgan fingerprint density at radius 3 is 2.74 bits per heavy atom. The third-order valence-electron chi connectivity index (χ3n) is 3.71. The molecule has 0 aromatic carbocycles. The van der Waals surface area contributed by atoms with E-state index in [1.54, 1.807) is 0 Å². The van der Waals surface area contributed by atoms with Gasteiger partial charge in [-0.25, -0.2) is 4.98 Å². The molecule has 0 aliphatic heterocycles. The monoisotopic (exact) mass is 282 g/mol. The molecule has 1 aliphatic carbocycles. The molecule has 2 rings (SSSR count). The van der Waals surface area contributed by atoms with Crippen molar-refractivity contribution >= 4 is 11.3 Å². The van der Waals surface area contributed by atoms with Crippen LogP contribution in [0.3, 0.4) is 0 Å². The van der Waals surface area contributed by atoms with E-state index >= 15 is 0 Å². The number of thiazole rings is 1. The maximum Gasteiger partial charge on any atom is 0.0930 e. The van der Waals surface area contributed by atoms with Crippen LogP contribution >= 0.6 is 11.3 Å². The van der Waals surface area contributed by atoms with Crippen molar-refractivity contribution in [2.75, 3.05) is 13.6 Å². The van der Waals surface area contributed by atoms with E-state index < -0.39 is 5.60 Å². The van der Waals surface area contributed by atoms with Crippen LogP contribution in [-0.4, -0.2) is 34.2 Å². The van der Waals surface area contributed by atoms with E-state index in [1.807, 2.05) is 17.5 Å². The average Bonchev–Trinajstić information content (AvgIpc) is 2.87. The van der Waals surface area contributed by atoms with Crippen LogP contribution in [-0.2, 0) is 13.0 Å². The zero-order valence-electron chi connectivity index (χ0n) is 12.4. The van der Waals surface area contributed by atoms with Gasteiger partial charge in [0, 0.05) is 30.6 Å². The van der Waals surface area contributed by atoms with Gasteiger partial charge >= 0.3 is 0 Å². The predicted octanol–water partition coefficient (Wildman–Crippen LogP) is 3.08. The summed E-state index contributed by atoms with van der Waals surface area (Å²) in [4.78, 5) is 8.03. The topological polar surface area (TPSA) is 36.4 Å². The lowest BCUT2D eigenvalue weighted by molar-refractivity contribution is 0.0147. The molecule has 0 amide bonds. The van der Waals surface area contributed by atoms with E-state index in [2.05, 4.69) is 30.8 Å². The van der Waals surface area contributed by atoms with Gasteiger partial charge in [0.1, 0.15) is 0 Å². The fourth-order valence-electron chi connectivity index (χ4n) is 2.88. The van der Waals surface area contributed by atoms with Crippen LogP contribution in [0.4, 0.5) is 0 Å². The zero-order valence-corrected chi connectivity index (χ0v) is 13.2. The predicted molar refractivity (Wildman–Crippen MR) is 80.4 cm³/mol. The van der Waals surface area contributed by atoms with Crippen molar-refractivity contribution < 1.29 is 5.11 Å². The van der Waals surface area contributed by atoms with Crippen molar-refractivity contribution in [2.24, 2.45) is 5.92 Å². The summed E-state index contributed by atoms with van der Waals surface area (Å²) in [6, 6.07) is 0. The number of aromatic nitrogens is 1. The molecule has 4 heteroatoms. The Bertz CT molecular complexity index is 397. The Hall–Kier alpha value is -0.450. The number of aliphatic hydroxyl groups is 1. The Morgan fingerprint density at radius 2 is 2.11 bits per heavy atom. The molecule has 0 spiro atoms. The van der Waals surface area contributed by atoms with E-state index in [-0.39, 0.29) is 0 Å². The third kappa shape index (κ3) is 4.55. The first-order valence-electron chi connectivity index (χ1n) is 7.31.